The molecule has 0 spiro atoms. The standard InChI is InChI=1S/C13H14N2O5/c1-7(16)12(13(18)19)14-11(17)6-9-8-4-2-3-5-10(8)20-15-9/h2-5,7,12,16H,6H2,1H3,(H,14,17)(H,18,19). The number of para-hydroxylation sites is 1. The van der Waals surface area contributed by atoms with Gasteiger partial charge >= 0.3 is 5.97 Å². The van der Waals surface area contributed by atoms with Crippen LogP contribution in [0.25, 0.3) is 11.0 Å². The number of aliphatic hydroxyl groups is 1. The van der Waals surface area contributed by atoms with Gasteiger partial charge in [0.25, 0.3) is 0 Å². The van der Waals surface area contributed by atoms with Crippen LogP contribution in [0.5, 0.6) is 0 Å². The minimum Gasteiger partial charge on any atom is -0.480 e. The molecule has 1 amide bonds. The molecule has 2 atom stereocenters. The van der Waals surface area contributed by atoms with Gasteiger partial charge in [-0.3, -0.25) is 4.79 Å². The number of rotatable bonds is 5. The predicted molar refractivity (Wildman–Crippen MR) is 69.0 cm³/mol. The number of carboxylic acid groups (broad SMARTS) is 1. The van der Waals surface area contributed by atoms with Crippen molar-refractivity contribution in [1.29, 1.82) is 0 Å². The molecule has 0 saturated carbocycles. The van der Waals surface area contributed by atoms with E-state index < -0.39 is 24.0 Å². The molecule has 0 aliphatic rings. The van der Waals surface area contributed by atoms with E-state index in [0.29, 0.717) is 16.7 Å². The summed E-state index contributed by atoms with van der Waals surface area (Å²) in [7, 11) is 0. The molecule has 2 unspecified atom stereocenters. The molecule has 7 heteroatoms. The summed E-state index contributed by atoms with van der Waals surface area (Å²) >= 11 is 0. The van der Waals surface area contributed by atoms with Crippen molar-refractivity contribution in [2.45, 2.75) is 25.5 Å². The number of nitrogens with one attached hydrogen (secondary N) is 1. The van der Waals surface area contributed by atoms with Gasteiger partial charge in [-0.15, -0.1) is 0 Å². The number of benzene rings is 1. The average Bonchev–Trinajstić information content (AvgIpc) is 2.79. The minimum atomic E-state index is -1.35. The van der Waals surface area contributed by atoms with E-state index in [2.05, 4.69) is 10.5 Å². The molecule has 1 aromatic carbocycles. The Kier molecular flexibility index (Phi) is 3.99. The first kappa shape index (κ1) is 14.0. The van der Waals surface area contributed by atoms with E-state index in [1.165, 1.54) is 6.92 Å². The molecular formula is C13H14N2O5. The van der Waals surface area contributed by atoms with Crippen molar-refractivity contribution in [2.75, 3.05) is 0 Å². The summed E-state index contributed by atoms with van der Waals surface area (Å²) in [6, 6.07) is 5.71. The fraction of sp³-hybridized carbons (Fsp3) is 0.308. The molecule has 3 N–H and O–H groups in total. The van der Waals surface area contributed by atoms with Crippen molar-refractivity contribution in [3.63, 3.8) is 0 Å². The van der Waals surface area contributed by atoms with Gasteiger partial charge in [-0.25, -0.2) is 4.79 Å². The lowest BCUT2D eigenvalue weighted by Crippen LogP contribution is -2.48. The molecule has 0 bridgehead atoms. The van der Waals surface area contributed by atoms with Crippen molar-refractivity contribution in [3.8, 4) is 0 Å². The van der Waals surface area contributed by atoms with E-state index in [1.54, 1.807) is 24.3 Å². The molecule has 0 saturated heterocycles. The number of amides is 1. The Labute approximate surface area is 114 Å². The fourth-order valence-electron chi connectivity index (χ4n) is 1.83. The first-order valence-corrected chi connectivity index (χ1v) is 6.02. The van der Waals surface area contributed by atoms with Gasteiger partial charge in [0.05, 0.1) is 12.5 Å². The third-order valence-corrected chi connectivity index (χ3v) is 2.85. The smallest absolute Gasteiger partial charge is 0.328 e. The van der Waals surface area contributed by atoms with Gasteiger partial charge in [-0.2, -0.15) is 0 Å². The fourth-order valence-corrected chi connectivity index (χ4v) is 1.83. The number of aromatic nitrogens is 1. The monoisotopic (exact) mass is 278 g/mol. The SMILES string of the molecule is CC(O)C(NC(=O)Cc1noc2ccccc12)C(=O)O. The Hall–Kier alpha value is -2.41. The highest BCUT2D eigenvalue weighted by molar-refractivity contribution is 5.88. The summed E-state index contributed by atoms with van der Waals surface area (Å²) in [6.45, 7) is 1.30. The number of carbonyl (C=O) groups is 2. The summed E-state index contributed by atoms with van der Waals surface area (Å²) in [4.78, 5) is 22.7. The summed E-state index contributed by atoms with van der Waals surface area (Å²) in [5.41, 5.74) is 0.980. The van der Waals surface area contributed by atoms with Crippen molar-refractivity contribution in [2.24, 2.45) is 0 Å². The molecule has 0 radical (unpaired) electrons. The van der Waals surface area contributed by atoms with Gasteiger partial charge in [0.2, 0.25) is 5.91 Å². The number of nitrogens with zero attached hydrogens (tertiary/aromatic N) is 1. The zero-order chi connectivity index (χ0) is 14.7. The van der Waals surface area contributed by atoms with Gasteiger partial charge in [0.1, 0.15) is 5.69 Å². The highest BCUT2D eigenvalue weighted by Crippen LogP contribution is 2.18. The number of carbonyl (C=O) groups excluding carboxylic acids is 1. The number of hydrogen-bond acceptors (Lipinski definition) is 5. The van der Waals surface area contributed by atoms with E-state index in [1.807, 2.05) is 0 Å². The predicted octanol–water partition coefficient (Wildman–Crippen LogP) is 0.320. The normalized spacial score (nSPS) is 13.9. The third-order valence-electron chi connectivity index (χ3n) is 2.85. The number of aliphatic hydroxyl groups excluding tert-OH is 1. The first-order valence-electron chi connectivity index (χ1n) is 6.02. The maximum absolute atomic E-state index is 11.8. The second-order valence-electron chi connectivity index (χ2n) is 4.43. The molecule has 2 aromatic rings. The van der Waals surface area contributed by atoms with Crippen molar-refractivity contribution in [1.82, 2.24) is 10.5 Å². The van der Waals surface area contributed by atoms with Crippen LogP contribution in [0.2, 0.25) is 0 Å². The van der Waals surface area contributed by atoms with Crippen LogP contribution in [-0.4, -0.2) is 39.4 Å². The quantitative estimate of drug-likeness (QED) is 0.726. The van der Waals surface area contributed by atoms with Gasteiger partial charge in [0.15, 0.2) is 11.6 Å². The summed E-state index contributed by atoms with van der Waals surface area (Å²) in [6.07, 6.45) is -1.31. The molecule has 2 rings (SSSR count). The van der Waals surface area contributed by atoms with Crippen molar-refractivity contribution < 1.29 is 24.3 Å². The molecule has 1 aromatic heterocycles. The summed E-state index contributed by atoms with van der Waals surface area (Å²) in [5.74, 6) is -1.84. The second-order valence-corrected chi connectivity index (χ2v) is 4.43. The van der Waals surface area contributed by atoms with E-state index in [9.17, 15) is 14.7 Å². The summed E-state index contributed by atoms with van der Waals surface area (Å²) in [5, 5.41) is 24.9. The van der Waals surface area contributed by atoms with Gasteiger partial charge in [-0.1, -0.05) is 17.3 Å². The molecule has 0 aliphatic heterocycles. The van der Waals surface area contributed by atoms with Crippen LogP contribution >= 0.6 is 0 Å². The molecule has 20 heavy (non-hydrogen) atoms. The number of fused-ring (bicyclic) bond motifs is 1. The maximum Gasteiger partial charge on any atom is 0.328 e. The van der Waals surface area contributed by atoms with Crippen LogP contribution in [0.3, 0.4) is 0 Å². The number of hydrogen-bond donors (Lipinski definition) is 3. The highest BCUT2D eigenvalue weighted by Gasteiger charge is 2.25. The summed E-state index contributed by atoms with van der Waals surface area (Å²) < 4.78 is 5.05. The van der Waals surface area contributed by atoms with E-state index in [0.717, 1.165) is 0 Å². The Morgan fingerprint density at radius 2 is 2.10 bits per heavy atom. The van der Waals surface area contributed by atoms with Crippen LogP contribution in [0, 0.1) is 0 Å². The van der Waals surface area contributed by atoms with E-state index in [-0.39, 0.29) is 6.42 Å². The van der Waals surface area contributed by atoms with Gasteiger partial charge < -0.3 is 20.1 Å². The van der Waals surface area contributed by atoms with Crippen LogP contribution < -0.4 is 5.32 Å². The van der Waals surface area contributed by atoms with Gasteiger partial charge in [-0.05, 0) is 19.1 Å². The Balaban J connectivity index is 2.10. The lowest BCUT2D eigenvalue weighted by molar-refractivity contribution is -0.144. The largest absolute Gasteiger partial charge is 0.480 e. The number of aliphatic carboxylic acids is 1. The minimum absolute atomic E-state index is 0.118. The third kappa shape index (κ3) is 2.94. The Morgan fingerprint density at radius 3 is 2.75 bits per heavy atom. The maximum atomic E-state index is 11.8. The lowest BCUT2D eigenvalue weighted by atomic mass is 10.1. The lowest BCUT2D eigenvalue weighted by Gasteiger charge is -2.16. The molecule has 0 aliphatic carbocycles. The van der Waals surface area contributed by atoms with Crippen LogP contribution in [0.4, 0.5) is 0 Å². The van der Waals surface area contributed by atoms with Crippen molar-refractivity contribution >= 4 is 22.8 Å². The van der Waals surface area contributed by atoms with Crippen LogP contribution in [0.15, 0.2) is 28.8 Å². The average molecular weight is 278 g/mol. The van der Waals surface area contributed by atoms with E-state index >= 15 is 0 Å². The Bertz CT molecular complexity index is 634. The van der Waals surface area contributed by atoms with Crippen molar-refractivity contribution in [3.05, 3.63) is 30.0 Å². The zero-order valence-corrected chi connectivity index (χ0v) is 10.7. The topological polar surface area (TPSA) is 113 Å². The van der Waals surface area contributed by atoms with Crippen LogP contribution in [0.1, 0.15) is 12.6 Å². The molecule has 7 nitrogen and oxygen atoms in total. The van der Waals surface area contributed by atoms with E-state index in [4.69, 9.17) is 9.63 Å². The zero-order valence-electron chi connectivity index (χ0n) is 10.7. The molecule has 106 valence electrons. The van der Waals surface area contributed by atoms with Gasteiger partial charge in [0, 0.05) is 5.39 Å². The highest BCUT2D eigenvalue weighted by atomic mass is 16.5. The van der Waals surface area contributed by atoms with Crippen LogP contribution in [-0.2, 0) is 16.0 Å². The Morgan fingerprint density at radius 1 is 1.40 bits per heavy atom. The molecular weight excluding hydrogens is 264 g/mol. The first-order chi connectivity index (χ1) is 9.49. The molecule has 0 fully saturated rings. The molecule has 1 heterocycles. The number of carboxylic acids is 1. The second kappa shape index (κ2) is 5.70.